The van der Waals surface area contributed by atoms with Crippen LogP contribution in [0.25, 0.3) is 0 Å². The van der Waals surface area contributed by atoms with Crippen molar-refractivity contribution in [3.8, 4) is 11.5 Å². The van der Waals surface area contributed by atoms with Crippen molar-refractivity contribution in [2.45, 2.75) is 24.9 Å². The number of aromatic hydroxyl groups is 1. The second-order valence-corrected chi connectivity index (χ2v) is 8.09. The molecule has 0 spiro atoms. The Morgan fingerprint density at radius 1 is 1.23 bits per heavy atom. The average Bonchev–Trinajstić information content (AvgIpc) is 3.02. The third kappa shape index (κ3) is 5.16. The molecule has 7 N–H and O–H groups in total. The highest BCUT2D eigenvalue weighted by Crippen LogP contribution is 2.31. The number of imide groups is 1. The van der Waals surface area contributed by atoms with Crippen LogP contribution in [0.4, 0.5) is 4.79 Å². The fraction of sp³-hybridized carbons (Fsp3) is 0.261. The van der Waals surface area contributed by atoms with E-state index in [4.69, 9.17) is 15.9 Å². The third-order valence-corrected chi connectivity index (χ3v) is 5.67. The van der Waals surface area contributed by atoms with Gasteiger partial charge in [0, 0.05) is 5.56 Å². The molecule has 1 heterocycles. The zero-order chi connectivity index (χ0) is 25.9. The number of nitrogens with zero attached hydrogens (tertiary/aromatic N) is 1. The molecule has 2 aromatic carbocycles. The summed E-state index contributed by atoms with van der Waals surface area (Å²) in [7, 11) is 1.33. The Bertz CT molecular complexity index is 1200. The van der Waals surface area contributed by atoms with E-state index in [1.54, 1.807) is 24.3 Å². The lowest BCUT2D eigenvalue weighted by molar-refractivity contribution is -0.138. The Morgan fingerprint density at radius 3 is 2.46 bits per heavy atom. The highest BCUT2D eigenvalue weighted by Gasteiger charge is 2.49. The van der Waals surface area contributed by atoms with E-state index >= 15 is 0 Å². The van der Waals surface area contributed by atoms with E-state index in [9.17, 15) is 29.4 Å². The van der Waals surface area contributed by atoms with Crippen LogP contribution in [0.15, 0.2) is 42.5 Å². The number of hydrogen-bond donors (Lipinski definition) is 6. The monoisotopic (exact) mass is 483 g/mol. The Hall–Kier alpha value is -4.61. The van der Waals surface area contributed by atoms with E-state index in [0.29, 0.717) is 16.7 Å². The lowest BCUT2D eigenvalue weighted by Crippen LogP contribution is -2.44. The molecule has 1 fully saturated rings. The first-order valence-corrected chi connectivity index (χ1v) is 10.4. The number of amides is 4. The molecule has 12 nitrogen and oxygen atoms in total. The van der Waals surface area contributed by atoms with Gasteiger partial charge in [-0.2, -0.15) is 0 Å². The van der Waals surface area contributed by atoms with E-state index in [1.165, 1.54) is 32.2 Å². The number of hydrogen-bond acceptors (Lipinski definition) is 7. The maximum atomic E-state index is 13.1. The van der Waals surface area contributed by atoms with Gasteiger partial charge in [0.2, 0.25) is 5.91 Å². The summed E-state index contributed by atoms with van der Waals surface area (Å²) in [5.41, 5.74) is 5.23. The molecule has 1 aliphatic heterocycles. The number of ether oxygens (including phenoxy) is 1. The number of carboxylic acids is 1. The first kappa shape index (κ1) is 25.0. The van der Waals surface area contributed by atoms with Crippen LogP contribution in [-0.4, -0.2) is 58.4 Å². The summed E-state index contributed by atoms with van der Waals surface area (Å²) >= 11 is 0. The predicted octanol–water partition coefficient (Wildman–Crippen LogP) is 0.784. The van der Waals surface area contributed by atoms with E-state index in [1.807, 2.05) is 0 Å². The molecule has 0 saturated carbocycles. The highest BCUT2D eigenvalue weighted by molar-refractivity contribution is 6.09. The van der Waals surface area contributed by atoms with Crippen molar-refractivity contribution in [2.75, 3.05) is 13.7 Å². The third-order valence-electron chi connectivity index (χ3n) is 5.67. The summed E-state index contributed by atoms with van der Waals surface area (Å²) < 4.78 is 5.03. The Balaban J connectivity index is 1.77. The molecular weight excluding hydrogens is 458 g/mol. The van der Waals surface area contributed by atoms with Gasteiger partial charge in [-0.1, -0.05) is 30.3 Å². The van der Waals surface area contributed by atoms with Crippen LogP contribution in [0, 0.1) is 5.41 Å². The summed E-state index contributed by atoms with van der Waals surface area (Å²) in [4.78, 5) is 50.5. The van der Waals surface area contributed by atoms with E-state index in [2.05, 4.69) is 10.6 Å². The quantitative estimate of drug-likeness (QED) is 0.171. The minimum absolute atomic E-state index is 0.0906. The Kier molecular flexibility index (Phi) is 6.94. The largest absolute Gasteiger partial charge is 0.504 e. The number of amidine groups is 1. The zero-order valence-electron chi connectivity index (χ0n) is 19.0. The number of rotatable bonds is 9. The van der Waals surface area contributed by atoms with E-state index in [0.717, 1.165) is 4.90 Å². The summed E-state index contributed by atoms with van der Waals surface area (Å²) in [6.07, 6.45) is -0.486. The molecule has 0 unspecified atom stereocenters. The van der Waals surface area contributed by atoms with Gasteiger partial charge in [-0.15, -0.1) is 0 Å². The molecule has 2 atom stereocenters. The van der Waals surface area contributed by atoms with Gasteiger partial charge in [-0.25, -0.2) is 4.79 Å². The van der Waals surface area contributed by atoms with Crippen molar-refractivity contribution in [1.29, 1.82) is 5.41 Å². The number of phenols is 1. The van der Waals surface area contributed by atoms with Gasteiger partial charge >= 0.3 is 12.0 Å². The van der Waals surface area contributed by atoms with Gasteiger partial charge in [0.15, 0.2) is 11.5 Å². The van der Waals surface area contributed by atoms with Crippen LogP contribution >= 0.6 is 0 Å². The second-order valence-electron chi connectivity index (χ2n) is 8.09. The minimum atomic E-state index is -1.45. The van der Waals surface area contributed by atoms with Gasteiger partial charge < -0.3 is 31.3 Å². The maximum Gasteiger partial charge on any atom is 0.325 e. The molecule has 0 radical (unpaired) electrons. The number of benzene rings is 2. The molecule has 0 aliphatic carbocycles. The van der Waals surface area contributed by atoms with Gasteiger partial charge in [-0.05, 0) is 30.2 Å². The average molecular weight is 483 g/mol. The Morgan fingerprint density at radius 2 is 1.89 bits per heavy atom. The summed E-state index contributed by atoms with van der Waals surface area (Å²) in [6, 6.07) is 8.51. The molecule has 2 aromatic rings. The van der Waals surface area contributed by atoms with Crippen LogP contribution in [0.1, 0.15) is 36.1 Å². The number of phenolic OH excluding ortho intramolecular Hbond substituents is 1. The molecule has 12 heteroatoms. The molecule has 1 saturated heterocycles. The maximum absolute atomic E-state index is 13.1. The molecule has 0 bridgehead atoms. The van der Waals surface area contributed by atoms with Crippen LogP contribution in [0.5, 0.6) is 11.5 Å². The second kappa shape index (κ2) is 9.71. The van der Waals surface area contributed by atoms with Gasteiger partial charge in [0.1, 0.15) is 17.9 Å². The first-order valence-electron chi connectivity index (χ1n) is 10.4. The fourth-order valence-corrected chi connectivity index (χ4v) is 3.74. The van der Waals surface area contributed by atoms with Crippen molar-refractivity contribution in [1.82, 2.24) is 15.5 Å². The lowest BCUT2D eigenvalue weighted by atomic mass is 9.91. The van der Waals surface area contributed by atoms with Crippen LogP contribution < -0.4 is 21.1 Å². The highest BCUT2D eigenvalue weighted by atomic mass is 16.5. The van der Waals surface area contributed by atoms with Crippen molar-refractivity contribution in [3.05, 3.63) is 59.2 Å². The van der Waals surface area contributed by atoms with Gasteiger partial charge in [0.25, 0.3) is 5.91 Å². The predicted molar refractivity (Wildman–Crippen MR) is 123 cm³/mol. The van der Waals surface area contributed by atoms with Crippen LogP contribution in [0.2, 0.25) is 0 Å². The lowest BCUT2D eigenvalue weighted by Gasteiger charge is -2.23. The number of carboxylic acid groups (broad SMARTS) is 1. The molecule has 4 amide bonds. The number of carbonyl (C=O) groups is 4. The summed E-state index contributed by atoms with van der Waals surface area (Å²) in [5, 5.41) is 31.6. The number of nitrogen functional groups attached to an aromatic ring is 1. The van der Waals surface area contributed by atoms with Crippen molar-refractivity contribution < 1.29 is 34.1 Å². The van der Waals surface area contributed by atoms with Crippen molar-refractivity contribution in [3.63, 3.8) is 0 Å². The molecular formula is C23H25N5O7. The van der Waals surface area contributed by atoms with Crippen molar-refractivity contribution in [2.24, 2.45) is 5.73 Å². The normalized spacial score (nSPS) is 18.1. The van der Waals surface area contributed by atoms with E-state index < -0.39 is 48.4 Å². The molecule has 35 heavy (non-hydrogen) atoms. The topological polar surface area (TPSA) is 195 Å². The SMILES string of the molecule is COc1cc([C@H](CC(=O)O)NC(=O)CN2C(=O)N[C@@](C)(c3ccc(C(=N)N)cc3)C2=O)ccc1O. The number of carbonyl (C=O) groups excluding carboxylic acids is 3. The minimum Gasteiger partial charge on any atom is -0.504 e. The van der Waals surface area contributed by atoms with Crippen molar-refractivity contribution >= 4 is 29.7 Å². The molecule has 1 aliphatic rings. The molecule has 184 valence electrons. The molecule has 3 rings (SSSR count). The number of aliphatic carboxylic acids is 1. The molecule has 0 aromatic heterocycles. The summed E-state index contributed by atoms with van der Waals surface area (Å²) in [5.74, 6) is -2.85. The van der Waals surface area contributed by atoms with E-state index in [-0.39, 0.29) is 17.3 Å². The number of urea groups is 1. The number of nitrogens with two attached hydrogens (primary N) is 1. The zero-order valence-corrected chi connectivity index (χ0v) is 19.0. The van der Waals surface area contributed by atoms with Crippen LogP contribution in [-0.2, 0) is 19.9 Å². The Labute approximate surface area is 200 Å². The van der Waals surface area contributed by atoms with Crippen LogP contribution in [0.3, 0.4) is 0 Å². The van der Waals surface area contributed by atoms with Gasteiger partial charge in [0.05, 0.1) is 19.6 Å². The summed E-state index contributed by atoms with van der Waals surface area (Å²) in [6.45, 7) is 0.848. The first-order chi connectivity index (χ1) is 16.5. The number of methoxy groups -OCH3 is 1. The van der Waals surface area contributed by atoms with Gasteiger partial charge in [-0.3, -0.25) is 24.7 Å². The fourth-order valence-electron chi connectivity index (χ4n) is 3.74. The standard InChI is InChI=1S/C23H25N5O7/c1-23(14-6-3-12(4-7-14)20(24)25)21(33)28(22(34)27-23)11-18(30)26-15(10-19(31)32)13-5-8-16(29)17(9-13)35-2/h3-9,15,29H,10-11H2,1-2H3,(H3,24,25)(H,26,30)(H,27,34)(H,31,32)/t15-,23-/m0/s1. The number of nitrogens with one attached hydrogen (secondary N) is 3. The smallest absolute Gasteiger partial charge is 0.325 e.